The zero-order chi connectivity index (χ0) is 16.4. The second-order valence-electron chi connectivity index (χ2n) is 4.85. The number of halogens is 1. The molecule has 6 nitrogen and oxygen atoms in total. The second-order valence-corrected chi connectivity index (χ2v) is 5.29. The van der Waals surface area contributed by atoms with E-state index in [0.717, 1.165) is 0 Å². The van der Waals surface area contributed by atoms with Crippen molar-refractivity contribution >= 4 is 29.0 Å². The van der Waals surface area contributed by atoms with Gasteiger partial charge in [0.1, 0.15) is 5.56 Å². The number of nitrogens with zero attached hydrogens (tertiary/aromatic N) is 3. The standard InChI is InChI=1S/C16H12ClN3O3/c1-10-14(15-18-7-2-8-20(15)19-10)16(22)23-9-13(21)11-3-5-12(17)6-4-11/h2-8H,9H2,1H3. The first kappa shape index (κ1) is 15.2. The van der Waals surface area contributed by atoms with E-state index in [-0.39, 0.29) is 18.0 Å². The minimum absolute atomic E-state index is 0.259. The van der Waals surface area contributed by atoms with Gasteiger partial charge in [-0.1, -0.05) is 11.6 Å². The third kappa shape index (κ3) is 3.07. The molecule has 2 aromatic heterocycles. The maximum Gasteiger partial charge on any atom is 0.344 e. The Kier molecular flexibility index (Phi) is 4.08. The van der Waals surface area contributed by atoms with Crippen LogP contribution in [0.5, 0.6) is 0 Å². The lowest BCUT2D eigenvalue weighted by Gasteiger charge is -2.04. The van der Waals surface area contributed by atoms with Crippen LogP contribution < -0.4 is 0 Å². The van der Waals surface area contributed by atoms with Crippen molar-refractivity contribution in [2.75, 3.05) is 6.61 Å². The van der Waals surface area contributed by atoms with E-state index in [1.54, 1.807) is 49.6 Å². The number of ether oxygens (including phenoxy) is 1. The Labute approximate surface area is 136 Å². The van der Waals surface area contributed by atoms with Crippen molar-refractivity contribution in [1.82, 2.24) is 14.6 Å². The normalized spacial score (nSPS) is 10.7. The first-order chi connectivity index (χ1) is 11.1. The third-order valence-corrected chi connectivity index (χ3v) is 3.53. The molecule has 0 amide bonds. The van der Waals surface area contributed by atoms with Gasteiger partial charge in [-0.05, 0) is 37.3 Å². The minimum atomic E-state index is -0.626. The maximum atomic E-state index is 12.2. The molecule has 0 unspecified atom stereocenters. The van der Waals surface area contributed by atoms with Crippen molar-refractivity contribution < 1.29 is 14.3 Å². The highest BCUT2D eigenvalue weighted by Gasteiger charge is 2.20. The van der Waals surface area contributed by atoms with Crippen LogP contribution in [0.15, 0.2) is 42.7 Å². The third-order valence-electron chi connectivity index (χ3n) is 3.27. The lowest BCUT2D eigenvalue weighted by molar-refractivity contribution is 0.0475. The summed E-state index contributed by atoms with van der Waals surface area (Å²) in [5, 5.41) is 4.72. The molecular formula is C16H12ClN3O3. The molecule has 1 aromatic carbocycles. The van der Waals surface area contributed by atoms with Gasteiger partial charge in [0.2, 0.25) is 0 Å². The number of rotatable bonds is 4. The molecule has 0 N–H and O–H groups in total. The molecule has 7 heteroatoms. The Morgan fingerprint density at radius 2 is 2.00 bits per heavy atom. The molecule has 0 saturated carbocycles. The Morgan fingerprint density at radius 1 is 1.26 bits per heavy atom. The molecule has 0 radical (unpaired) electrons. The first-order valence-electron chi connectivity index (χ1n) is 6.82. The summed E-state index contributed by atoms with van der Waals surface area (Å²) in [6.07, 6.45) is 3.25. The second kappa shape index (κ2) is 6.18. The Morgan fingerprint density at radius 3 is 2.74 bits per heavy atom. The lowest BCUT2D eigenvalue weighted by atomic mass is 10.1. The van der Waals surface area contributed by atoms with Crippen LogP contribution in [0.4, 0.5) is 0 Å². The number of carbonyl (C=O) groups is 2. The van der Waals surface area contributed by atoms with Crippen molar-refractivity contribution in [2.24, 2.45) is 0 Å². The Hall–Kier alpha value is -2.73. The van der Waals surface area contributed by atoms with E-state index in [2.05, 4.69) is 10.1 Å². The molecule has 0 fully saturated rings. The largest absolute Gasteiger partial charge is 0.454 e. The summed E-state index contributed by atoms with van der Waals surface area (Å²) >= 11 is 5.77. The number of hydrogen-bond donors (Lipinski definition) is 0. The summed E-state index contributed by atoms with van der Waals surface area (Å²) in [5.41, 5.74) is 1.58. The van der Waals surface area contributed by atoms with Crippen LogP contribution in [0.3, 0.4) is 0 Å². The number of esters is 1. The van der Waals surface area contributed by atoms with Crippen LogP contribution >= 0.6 is 11.6 Å². The van der Waals surface area contributed by atoms with Gasteiger partial charge in [-0.15, -0.1) is 0 Å². The number of aryl methyl sites for hydroxylation is 1. The molecule has 3 aromatic rings. The van der Waals surface area contributed by atoms with Crippen LogP contribution in [0.2, 0.25) is 5.02 Å². The minimum Gasteiger partial charge on any atom is -0.454 e. The average Bonchev–Trinajstić information content (AvgIpc) is 2.88. The van der Waals surface area contributed by atoms with E-state index in [4.69, 9.17) is 16.3 Å². The summed E-state index contributed by atoms with van der Waals surface area (Å²) in [6.45, 7) is 1.33. The molecule has 23 heavy (non-hydrogen) atoms. The van der Waals surface area contributed by atoms with Crippen LogP contribution in [0.1, 0.15) is 26.4 Å². The van der Waals surface area contributed by atoms with Gasteiger partial charge >= 0.3 is 5.97 Å². The first-order valence-corrected chi connectivity index (χ1v) is 7.20. The predicted octanol–water partition coefficient (Wildman–Crippen LogP) is 2.73. The number of hydrogen-bond acceptors (Lipinski definition) is 5. The number of aromatic nitrogens is 3. The van der Waals surface area contributed by atoms with Crippen molar-refractivity contribution in [2.45, 2.75) is 6.92 Å². The maximum absolute atomic E-state index is 12.2. The number of fused-ring (bicyclic) bond motifs is 1. The SMILES string of the molecule is Cc1nn2cccnc2c1C(=O)OCC(=O)c1ccc(Cl)cc1. The molecule has 0 aliphatic heterocycles. The quantitative estimate of drug-likeness (QED) is 0.543. The van der Waals surface area contributed by atoms with Gasteiger partial charge in [0.15, 0.2) is 18.0 Å². The van der Waals surface area contributed by atoms with E-state index in [1.165, 1.54) is 4.52 Å². The molecule has 0 bridgehead atoms. The van der Waals surface area contributed by atoms with E-state index in [1.807, 2.05) is 0 Å². The van der Waals surface area contributed by atoms with Crippen molar-refractivity contribution in [3.05, 3.63) is 64.6 Å². The zero-order valence-electron chi connectivity index (χ0n) is 12.2. The Balaban J connectivity index is 1.75. The smallest absolute Gasteiger partial charge is 0.344 e. The molecule has 3 rings (SSSR count). The number of carbonyl (C=O) groups excluding carboxylic acids is 2. The van der Waals surface area contributed by atoms with E-state index in [9.17, 15) is 9.59 Å². The molecule has 0 aliphatic carbocycles. The van der Waals surface area contributed by atoms with Gasteiger partial charge in [0, 0.05) is 23.0 Å². The highest BCUT2D eigenvalue weighted by atomic mass is 35.5. The fraction of sp³-hybridized carbons (Fsp3) is 0.125. The van der Waals surface area contributed by atoms with E-state index >= 15 is 0 Å². The summed E-state index contributed by atoms with van der Waals surface area (Å²) in [6, 6.07) is 8.09. The number of ketones is 1. The van der Waals surface area contributed by atoms with Crippen LogP contribution in [0.25, 0.3) is 5.65 Å². The summed E-state index contributed by atoms with van der Waals surface area (Å²) in [4.78, 5) is 28.4. The molecule has 0 atom stereocenters. The van der Waals surface area contributed by atoms with E-state index in [0.29, 0.717) is 21.9 Å². The van der Waals surface area contributed by atoms with Crippen LogP contribution in [0, 0.1) is 6.92 Å². The fourth-order valence-corrected chi connectivity index (χ4v) is 2.28. The van der Waals surface area contributed by atoms with Crippen LogP contribution in [-0.2, 0) is 4.74 Å². The predicted molar refractivity (Wildman–Crippen MR) is 83.8 cm³/mol. The molecule has 116 valence electrons. The molecule has 0 aliphatic rings. The van der Waals surface area contributed by atoms with Crippen molar-refractivity contribution in [3.8, 4) is 0 Å². The van der Waals surface area contributed by atoms with Gasteiger partial charge in [-0.2, -0.15) is 5.10 Å². The highest BCUT2D eigenvalue weighted by molar-refractivity contribution is 6.30. The van der Waals surface area contributed by atoms with Crippen molar-refractivity contribution in [3.63, 3.8) is 0 Å². The summed E-state index contributed by atoms with van der Waals surface area (Å²) in [5.74, 6) is -0.935. The molecule has 0 spiro atoms. The molecule has 0 saturated heterocycles. The van der Waals surface area contributed by atoms with E-state index < -0.39 is 5.97 Å². The van der Waals surface area contributed by atoms with Gasteiger partial charge in [-0.3, -0.25) is 4.79 Å². The molecule has 2 heterocycles. The van der Waals surface area contributed by atoms with Gasteiger partial charge in [0.25, 0.3) is 0 Å². The van der Waals surface area contributed by atoms with Gasteiger partial charge < -0.3 is 4.74 Å². The highest BCUT2D eigenvalue weighted by Crippen LogP contribution is 2.15. The van der Waals surface area contributed by atoms with Gasteiger partial charge in [0.05, 0.1) is 5.69 Å². The van der Waals surface area contributed by atoms with Crippen molar-refractivity contribution in [1.29, 1.82) is 0 Å². The summed E-state index contributed by atoms with van der Waals surface area (Å²) in [7, 11) is 0. The monoisotopic (exact) mass is 329 g/mol. The summed E-state index contributed by atoms with van der Waals surface area (Å²) < 4.78 is 6.60. The Bertz CT molecular complexity index is 887. The number of Topliss-reactive ketones (excluding diaryl/α,β-unsaturated/α-hetero) is 1. The number of benzene rings is 1. The average molecular weight is 330 g/mol. The molecular weight excluding hydrogens is 318 g/mol. The topological polar surface area (TPSA) is 73.6 Å². The van der Waals surface area contributed by atoms with Gasteiger partial charge in [-0.25, -0.2) is 14.3 Å². The zero-order valence-corrected chi connectivity index (χ0v) is 12.9. The lowest BCUT2D eigenvalue weighted by Crippen LogP contribution is -2.15. The van der Waals surface area contributed by atoms with Crippen LogP contribution in [-0.4, -0.2) is 33.0 Å². The fourth-order valence-electron chi connectivity index (χ4n) is 2.16.